The molecule has 0 aliphatic carbocycles. The molecular weight excluding hydrogens is 297 g/mol. The van der Waals surface area contributed by atoms with Crippen LogP contribution in [0, 0.1) is 12.7 Å². The summed E-state index contributed by atoms with van der Waals surface area (Å²) < 4.78 is 20.0. The van der Waals surface area contributed by atoms with Gasteiger partial charge in [0.15, 0.2) is 0 Å². The molecule has 0 spiro atoms. The monoisotopic (exact) mass is 309 g/mol. The third kappa shape index (κ3) is 2.89. The van der Waals surface area contributed by atoms with Crippen LogP contribution in [0.4, 0.5) is 4.39 Å². The highest BCUT2D eigenvalue weighted by Gasteiger charge is 2.06. The Balaban J connectivity index is 2.30. The minimum atomic E-state index is -0.279. The largest absolute Gasteiger partial charge is 0.457 e. The van der Waals surface area contributed by atoms with Gasteiger partial charge in [-0.05, 0) is 36.8 Å². The van der Waals surface area contributed by atoms with Crippen LogP contribution < -0.4 is 10.5 Å². The van der Waals surface area contributed by atoms with Gasteiger partial charge in [-0.25, -0.2) is 4.39 Å². The Morgan fingerprint density at radius 2 is 2.00 bits per heavy atom. The number of hydrogen-bond donors (Lipinski definition) is 1. The van der Waals surface area contributed by atoms with Gasteiger partial charge in [-0.1, -0.05) is 22.0 Å². The first-order chi connectivity index (χ1) is 8.60. The second-order valence-electron chi connectivity index (χ2n) is 3.97. The number of benzene rings is 2. The van der Waals surface area contributed by atoms with Crippen molar-refractivity contribution in [1.82, 2.24) is 0 Å². The maximum Gasteiger partial charge on any atom is 0.131 e. The molecule has 2 aromatic rings. The van der Waals surface area contributed by atoms with Crippen LogP contribution in [0.5, 0.6) is 11.5 Å². The average molecular weight is 310 g/mol. The van der Waals surface area contributed by atoms with Crippen LogP contribution >= 0.6 is 15.9 Å². The highest BCUT2D eigenvalue weighted by atomic mass is 79.9. The number of halogens is 2. The highest BCUT2D eigenvalue weighted by molar-refractivity contribution is 9.10. The first kappa shape index (κ1) is 13.1. The van der Waals surface area contributed by atoms with Crippen molar-refractivity contribution in [3.05, 3.63) is 57.8 Å². The number of nitrogens with two attached hydrogens (primary N) is 1. The zero-order chi connectivity index (χ0) is 13.1. The van der Waals surface area contributed by atoms with E-state index in [0.29, 0.717) is 23.6 Å². The van der Waals surface area contributed by atoms with Crippen LogP contribution in [-0.4, -0.2) is 0 Å². The molecule has 0 saturated heterocycles. The molecule has 4 heteroatoms. The van der Waals surface area contributed by atoms with Gasteiger partial charge in [0.25, 0.3) is 0 Å². The standard InChI is InChI=1S/C14H13BrFNO/c1-9-2-4-12(7-13(9)16)18-14-5-3-11(15)6-10(14)8-17/h2-7H,8,17H2,1H3. The quantitative estimate of drug-likeness (QED) is 0.924. The van der Waals surface area contributed by atoms with Gasteiger partial charge in [0.2, 0.25) is 0 Å². The number of rotatable bonds is 3. The van der Waals surface area contributed by atoms with Crippen LogP contribution in [0.25, 0.3) is 0 Å². The molecule has 0 fully saturated rings. The summed E-state index contributed by atoms with van der Waals surface area (Å²) in [5.41, 5.74) is 7.11. The van der Waals surface area contributed by atoms with E-state index in [9.17, 15) is 4.39 Å². The third-order valence-electron chi connectivity index (χ3n) is 2.61. The number of aryl methyl sites for hydroxylation is 1. The van der Waals surface area contributed by atoms with E-state index in [1.54, 1.807) is 19.1 Å². The van der Waals surface area contributed by atoms with E-state index < -0.39 is 0 Å². The molecule has 0 amide bonds. The predicted molar refractivity (Wildman–Crippen MR) is 73.2 cm³/mol. The Kier molecular flexibility index (Phi) is 3.99. The normalized spacial score (nSPS) is 10.4. The van der Waals surface area contributed by atoms with Crippen molar-refractivity contribution in [2.45, 2.75) is 13.5 Å². The molecule has 0 unspecified atom stereocenters. The lowest BCUT2D eigenvalue weighted by molar-refractivity contribution is 0.470. The summed E-state index contributed by atoms with van der Waals surface area (Å²) >= 11 is 3.37. The molecule has 0 saturated carbocycles. The summed E-state index contributed by atoms with van der Waals surface area (Å²) in [5.74, 6) is 0.831. The molecule has 94 valence electrons. The first-order valence-electron chi connectivity index (χ1n) is 5.52. The molecule has 0 radical (unpaired) electrons. The smallest absolute Gasteiger partial charge is 0.131 e. The van der Waals surface area contributed by atoms with E-state index in [4.69, 9.17) is 10.5 Å². The predicted octanol–water partition coefficient (Wildman–Crippen LogP) is 4.15. The summed E-state index contributed by atoms with van der Waals surface area (Å²) in [6.45, 7) is 2.08. The van der Waals surface area contributed by atoms with E-state index in [2.05, 4.69) is 15.9 Å². The van der Waals surface area contributed by atoms with Gasteiger partial charge in [0, 0.05) is 22.6 Å². The maximum absolute atomic E-state index is 13.4. The molecular formula is C14H13BrFNO. The minimum Gasteiger partial charge on any atom is -0.457 e. The molecule has 2 N–H and O–H groups in total. The third-order valence-corrected chi connectivity index (χ3v) is 3.11. The lowest BCUT2D eigenvalue weighted by Crippen LogP contribution is -1.99. The summed E-state index contributed by atoms with van der Waals surface area (Å²) in [6, 6.07) is 10.4. The van der Waals surface area contributed by atoms with Gasteiger partial charge >= 0.3 is 0 Å². The SMILES string of the molecule is Cc1ccc(Oc2ccc(Br)cc2CN)cc1F. The van der Waals surface area contributed by atoms with Crippen molar-refractivity contribution >= 4 is 15.9 Å². The van der Waals surface area contributed by atoms with Gasteiger partial charge in [-0.3, -0.25) is 0 Å². The second-order valence-corrected chi connectivity index (χ2v) is 4.88. The molecule has 0 aliphatic heterocycles. The van der Waals surface area contributed by atoms with Crippen molar-refractivity contribution < 1.29 is 9.13 Å². The van der Waals surface area contributed by atoms with Crippen molar-refractivity contribution in [1.29, 1.82) is 0 Å². The average Bonchev–Trinajstić information content (AvgIpc) is 2.36. The van der Waals surface area contributed by atoms with Crippen LogP contribution in [0.2, 0.25) is 0 Å². The lowest BCUT2D eigenvalue weighted by atomic mass is 10.2. The maximum atomic E-state index is 13.4. The lowest BCUT2D eigenvalue weighted by Gasteiger charge is -2.11. The summed E-state index contributed by atoms with van der Waals surface area (Å²) in [6.07, 6.45) is 0. The molecule has 2 nitrogen and oxygen atoms in total. The van der Waals surface area contributed by atoms with Crippen LogP contribution in [0.1, 0.15) is 11.1 Å². The fraction of sp³-hybridized carbons (Fsp3) is 0.143. The fourth-order valence-corrected chi connectivity index (χ4v) is 1.98. The zero-order valence-electron chi connectivity index (χ0n) is 9.91. The van der Waals surface area contributed by atoms with E-state index in [-0.39, 0.29) is 5.82 Å². The second kappa shape index (κ2) is 5.50. The van der Waals surface area contributed by atoms with Gasteiger partial charge in [-0.15, -0.1) is 0 Å². The molecule has 2 rings (SSSR count). The Morgan fingerprint density at radius 1 is 1.22 bits per heavy atom. The number of ether oxygens (including phenoxy) is 1. The Bertz CT molecular complexity index is 572. The summed E-state index contributed by atoms with van der Waals surface area (Å²) in [4.78, 5) is 0. The molecule has 0 aliphatic rings. The molecule has 0 heterocycles. The molecule has 0 atom stereocenters. The van der Waals surface area contributed by atoms with Gasteiger partial charge < -0.3 is 10.5 Å². The highest BCUT2D eigenvalue weighted by Crippen LogP contribution is 2.28. The van der Waals surface area contributed by atoms with Crippen LogP contribution in [0.3, 0.4) is 0 Å². The molecule has 0 aromatic heterocycles. The summed E-state index contributed by atoms with van der Waals surface area (Å²) in [5, 5.41) is 0. The van der Waals surface area contributed by atoms with E-state index in [0.717, 1.165) is 10.0 Å². The van der Waals surface area contributed by atoms with E-state index in [1.165, 1.54) is 6.07 Å². The van der Waals surface area contributed by atoms with Crippen molar-refractivity contribution in [3.63, 3.8) is 0 Å². The Hall–Kier alpha value is -1.39. The topological polar surface area (TPSA) is 35.2 Å². The van der Waals surface area contributed by atoms with E-state index >= 15 is 0 Å². The molecule has 0 bridgehead atoms. The first-order valence-corrected chi connectivity index (χ1v) is 6.32. The Morgan fingerprint density at radius 3 is 2.67 bits per heavy atom. The van der Waals surface area contributed by atoms with Crippen LogP contribution in [0.15, 0.2) is 40.9 Å². The van der Waals surface area contributed by atoms with Crippen molar-refractivity contribution in [2.24, 2.45) is 5.73 Å². The van der Waals surface area contributed by atoms with E-state index in [1.807, 2.05) is 18.2 Å². The Labute approximate surface area is 114 Å². The minimum absolute atomic E-state index is 0.279. The fourth-order valence-electron chi connectivity index (χ4n) is 1.57. The zero-order valence-corrected chi connectivity index (χ0v) is 11.5. The van der Waals surface area contributed by atoms with Crippen molar-refractivity contribution in [2.75, 3.05) is 0 Å². The molecule has 2 aromatic carbocycles. The summed E-state index contributed by atoms with van der Waals surface area (Å²) in [7, 11) is 0. The number of hydrogen-bond acceptors (Lipinski definition) is 2. The molecule has 18 heavy (non-hydrogen) atoms. The van der Waals surface area contributed by atoms with Crippen molar-refractivity contribution in [3.8, 4) is 11.5 Å². The van der Waals surface area contributed by atoms with Gasteiger partial charge in [-0.2, -0.15) is 0 Å². The van der Waals surface area contributed by atoms with Crippen LogP contribution in [-0.2, 0) is 6.54 Å². The van der Waals surface area contributed by atoms with Gasteiger partial charge in [0.1, 0.15) is 17.3 Å². The van der Waals surface area contributed by atoms with Gasteiger partial charge in [0.05, 0.1) is 0 Å².